The Kier molecular flexibility index (Phi) is 6.02. The Balaban J connectivity index is 1.44. The lowest BCUT2D eigenvalue weighted by atomic mass is 9.92. The molecule has 1 N–H and O–H groups in total. The lowest BCUT2D eigenvalue weighted by Gasteiger charge is -2.25. The average Bonchev–Trinajstić information content (AvgIpc) is 3.25. The maximum atomic E-state index is 12.3. The van der Waals surface area contributed by atoms with E-state index in [0.29, 0.717) is 12.5 Å². The van der Waals surface area contributed by atoms with Crippen molar-refractivity contribution in [3.8, 4) is 0 Å². The third-order valence-corrected chi connectivity index (χ3v) is 5.92. The highest BCUT2D eigenvalue weighted by molar-refractivity contribution is 7.09. The molecule has 2 fully saturated rings. The fraction of sp³-hybridized carbons (Fsp3) is 0.765. The van der Waals surface area contributed by atoms with Crippen LogP contribution in [0.2, 0.25) is 0 Å². The Bertz CT molecular complexity index is 508. The van der Waals surface area contributed by atoms with Gasteiger partial charge in [-0.1, -0.05) is 19.8 Å². The Morgan fingerprint density at radius 2 is 2.17 bits per heavy atom. The molecule has 1 atom stereocenters. The van der Waals surface area contributed by atoms with Crippen LogP contribution in [0.5, 0.6) is 0 Å². The molecule has 23 heavy (non-hydrogen) atoms. The quantitative estimate of drug-likeness (QED) is 0.866. The number of hydrogen-bond acceptors (Lipinski definition) is 5. The van der Waals surface area contributed by atoms with Gasteiger partial charge in [0.2, 0.25) is 5.91 Å². The molecule has 1 unspecified atom stereocenters. The number of morpholine rings is 1. The van der Waals surface area contributed by atoms with Crippen molar-refractivity contribution in [3.63, 3.8) is 0 Å². The number of aromatic nitrogens is 1. The summed E-state index contributed by atoms with van der Waals surface area (Å²) >= 11 is 1.64. The fourth-order valence-electron chi connectivity index (χ4n) is 3.49. The number of carbonyl (C=O) groups is 1. The minimum atomic E-state index is 0.130. The summed E-state index contributed by atoms with van der Waals surface area (Å²) in [5.41, 5.74) is 1.10. The molecule has 0 radical (unpaired) electrons. The Morgan fingerprint density at radius 3 is 2.91 bits per heavy atom. The van der Waals surface area contributed by atoms with Gasteiger partial charge in [0.1, 0.15) is 5.01 Å². The standard InChI is InChI=1S/C17H27N3O2S/c1-13(14-4-2-3-5-14)17(21)18-10-16-19-15(12-23-16)11-20-6-8-22-9-7-20/h12-14H,2-11H2,1H3,(H,18,21). The second-order valence-corrected chi connectivity index (χ2v) is 7.61. The van der Waals surface area contributed by atoms with Gasteiger partial charge in [-0.2, -0.15) is 0 Å². The molecule has 1 amide bonds. The molecule has 1 aliphatic heterocycles. The summed E-state index contributed by atoms with van der Waals surface area (Å²) in [6.07, 6.45) is 4.96. The number of carbonyl (C=O) groups excluding carboxylic acids is 1. The number of ether oxygens (including phenoxy) is 1. The molecular formula is C17H27N3O2S. The minimum absolute atomic E-state index is 0.130. The highest BCUT2D eigenvalue weighted by Crippen LogP contribution is 2.31. The van der Waals surface area contributed by atoms with Gasteiger partial charge in [-0.05, 0) is 18.8 Å². The van der Waals surface area contributed by atoms with E-state index in [0.717, 1.165) is 43.5 Å². The Morgan fingerprint density at radius 1 is 1.43 bits per heavy atom. The van der Waals surface area contributed by atoms with E-state index in [1.54, 1.807) is 11.3 Å². The van der Waals surface area contributed by atoms with Gasteiger partial charge in [0.25, 0.3) is 0 Å². The number of nitrogens with zero attached hydrogens (tertiary/aromatic N) is 2. The Labute approximate surface area is 142 Å². The number of hydrogen-bond donors (Lipinski definition) is 1. The van der Waals surface area contributed by atoms with Crippen molar-refractivity contribution in [3.05, 3.63) is 16.1 Å². The molecule has 1 saturated carbocycles. The largest absolute Gasteiger partial charge is 0.379 e. The van der Waals surface area contributed by atoms with Gasteiger partial charge in [-0.25, -0.2) is 4.98 Å². The molecule has 1 aromatic rings. The number of nitrogens with one attached hydrogen (secondary N) is 1. The lowest BCUT2D eigenvalue weighted by Crippen LogP contribution is -2.35. The van der Waals surface area contributed by atoms with Crippen LogP contribution in [0.15, 0.2) is 5.38 Å². The zero-order chi connectivity index (χ0) is 16.1. The predicted molar refractivity (Wildman–Crippen MR) is 91.2 cm³/mol. The van der Waals surface area contributed by atoms with Gasteiger partial charge in [-0.15, -0.1) is 11.3 Å². The summed E-state index contributed by atoms with van der Waals surface area (Å²) in [5.74, 6) is 0.885. The van der Waals surface area contributed by atoms with E-state index < -0.39 is 0 Å². The van der Waals surface area contributed by atoms with Crippen molar-refractivity contribution in [2.24, 2.45) is 11.8 Å². The number of thiazole rings is 1. The van der Waals surface area contributed by atoms with Crippen molar-refractivity contribution in [2.45, 2.75) is 45.7 Å². The zero-order valence-electron chi connectivity index (χ0n) is 13.9. The predicted octanol–water partition coefficient (Wildman–Crippen LogP) is 2.42. The summed E-state index contributed by atoms with van der Waals surface area (Å²) in [6.45, 7) is 7.08. The van der Waals surface area contributed by atoms with Gasteiger partial charge in [0.05, 0.1) is 25.5 Å². The smallest absolute Gasteiger partial charge is 0.223 e. The molecule has 3 rings (SSSR count). The minimum Gasteiger partial charge on any atom is -0.379 e. The maximum absolute atomic E-state index is 12.3. The molecule has 0 aromatic carbocycles. The van der Waals surface area contributed by atoms with Crippen LogP contribution in [-0.2, 0) is 22.6 Å². The molecule has 0 bridgehead atoms. The summed E-state index contributed by atoms with van der Waals surface area (Å²) in [6, 6.07) is 0. The van der Waals surface area contributed by atoms with Gasteiger partial charge in [0.15, 0.2) is 0 Å². The summed E-state index contributed by atoms with van der Waals surface area (Å²) in [5, 5.41) is 6.18. The van der Waals surface area contributed by atoms with E-state index in [9.17, 15) is 4.79 Å². The molecule has 6 heteroatoms. The second-order valence-electron chi connectivity index (χ2n) is 6.67. The highest BCUT2D eigenvalue weighted by atomic mass is 32.1. The maximum Gasteiger partial charge on any atom is 0.223 e. The van der Waals surface area contributed by atoms with E-state index in [-0.39, 0.29) is 11.8 Å². The molecule has 2 heterocycles. The normalized spacial score (nSPS) is 21.4. The van der Waals surface area contributed by atoms with Crippen LogP contribution in [-0.4, -0.2) is 42.1 Å². The monoisotopic (exact) mass is 337 g/mol. The SMILES string of the molecule is CC(C(=O)NCc1nc(CN2CCOCC2)cs1)C1CCCC1. The van der Waals surface area contributed by atoms with E-state index in [1.165, 1.54) is 25.7 Å². The van der Waals surface area contributed by atoms with Crippen molar-refractivity contribution in [2.75, 3.05) is 26.3 Å². The first-order chi connectivity index (χ1) is 11.2. The molecule has 2 aliphatic rings. The third-order valence-electron chi connectivity index (χ3n) is 5.02. The third kappa shape index (κ3) is 4.75. The first-order valence-corrected chi connectivity index (χ1v) is 9.61. The van der Waals surface area contributed by atoms with Crippen molar-refractivity contribution >= 4 is 17.2 Å². The van der Waals surface area contributed by atoms with Crippen molar-refractivity contribution < 1.29 is 9.53 Å². The van der Waals surface area contributed by atoms with Crippen molar-refractivity contribution in [1.29, 1.82) is 0 Å². The molecule has 5 nitrogen and oxygen atoms in total. The van der Waals surface area contributed by atoms with Gasteiger partial charge >= 0.3 is 0 Å². The van der Waals surface area contributed by atoms with Crippen LogP contribution < -0.4 is 5.32 Å². The van der Waals surface area contributed by atoms with Gasteiger partial charge < -0.3 is 10.1 Å². The molecule has 1 aliphatic carbocycles. The number of rotatable bonds is 6. The van der Waals surface area contributed by atoms with E-state index >= 15 is 0 Å². The van der Waals surface area contributed by atoms with Crippen LogP contribution in [0.3, 0.4) is 0 Å². The Hall–Kier alpha value is -0.980. The second kappa shape index (κ2) is 8.22. The van der Waals surface area contributed by atoms with Crippen LogP contribution in [0, 0.1) is 11.8 Å². The molecule has 1 saturated heterocycles. The van der Waals surface area contributed by atoms with Gasteiger partial charge in [-0.3, -0.25) is 9.69 Å². The van der Waals surface area contributed by atoms with Crippen LogP contribution in [0.1, 0.15) is 43.3 Å². The van der Waals surface area contributed by atoms with E-state index in [2.05, 4.69) is 27.5 Å². The highest BCUT2D eigenvalue weighted by Gasteiger charge is 2.26. The van der Waals surface area contributed by atoms with Crippen molar-refractivity contribution in [1.82, 2.24) is 15.2 Å². The molecule has 0 spiro atoms. The van der Waals surface area contributed by atoms with E-state index in [1.807, 2.05) is 0 Å². The zero-order valence-corrected chi connectivity index (χ0v) is 14.7. The van der Waals surface area contributed by atoms with Gasteiger partial charge in [0, 0.05) is 30.9 Å². The lowest BCUT2D eigenvalue weighted by molar-refractivity contribution is -0.126. The molecule has 128 valence electrons. The number of amides is 1. The van der Waals surface area contributed by atoms with Crippen LogP contribution in [0.4, 0.5) is 0 Å². The summed E-state index contributed by atoms with van der Waals surface area (Å²) in [4.78, 5) is 19.3. The van der Waals surface area contributed by atoms with Crippen LogP contribution >= 0.6 is 11.3 Å². The fourth-order valence-corrected chi connectivity index (χ4v) is 4.21. The first kappa shape index (κ1) is 16.9. The molecule has 1 aromatic heterocycles. The summed E-state index contributed by atoms with van der Waals surface area (Å²) in [7, 11) is 0. The summed E-state index contributed by atoms with van der Waals surface area (Å²) < 4.78 is 5.37. The van der Waals surface area contributed by atoms with E-state index in [4.69, 9.17) is 4.74 Å². The first-order valence-electron chi connectivity index (χ1n) is 8.73. The van der Waals surface area contributed by atoms with Crippen LogP contribution in [0.25, 0.3) is 0 Å². The molecular weight excluding hydrogens is 310 g/mol. The average molecular weight is 337 g/mol. The topological polar surface area (TPSA) is 54.5 Å².